The van der Waals surface area contributed by atoms with Crippen molar-refractivity contribution >= 4 is 11.6 Å². The van der Waals surface area contributed by atoms with Gasteiger partial charge < -0.3 is 10.1 Å². The summed E-state index contributed by atoms with van der Waals surface area (Å²) in [5.41, 5.74) is 2.11. The van der Waals surface area contributed by atoms with Crippen LogP contribution < -0.4 is 10.1 Å². The maximum absolute atomic E-state index is 13.6. The number of ether oxygens (including phenoxy) is 1. The molecule has 4 nitrogen and oxygen atoms in total. The normalized spacial score (nSPS) is 10.5. The van der Waals surface area contributed by atoms with E-state index in [1.165, 1.54) is 37.6 Å². The van der Waals surface area contributed by atoms with Gasteiger partial charge in [-0.3, -0.25) is 9.78 Å². The van der Waals surface area contributed by atoms with E-state index in [0.717, 1.165) is 0 Å². The molecule has 0 aliphatic heterocycles. The van der Waals surface area contributed by atoms with Crippen LogP contribution in [0.25, 0.3) is 11.3 Å². The number of amides is 1. The van der Waals surface area contributed by atoms with E-state index >= 15 is 0 Å². The number of benzene rings is 2. The first-order chi connectivity index (χ1) is 12.5. The number of halogens is 2. The van der Waals surface area contributed by atoms with Gasteiger partial charge in [-0.05, 0) is 55.0 Å². The number of anilines is 1. The zero-order valence-electron chi connectivity index (χ0n) is 14.2. The molecule has 0 fully saturated rings. The van der Waals surface area contributed by atoms with Crippen molar-refractivity contribution in [2.75, 3.05) is 12.4 Å². The third kappa shape index (κ3) is 3.69. The summed E-state index contributed by atoms with van der Waals surface area (Å²) in [7, 11) is 1.49. The van der Waals surface area contributed by atoms with Crippen molar-refractivity contribution in [3.05, 3.63) is 77.5 Å². The summed E-state index contributed by atoms with van der Waals surface area (Å²) < 4.78 is 32.3. The summed E-state index contributed by atoms with van der Waals surface area (Å²) >= 11 is 0. The minimum absolute atomic E-state index is 0.296. The second kappa shape index (κ2) is 7.31. The fraction of sp³-hybridized carbons (Fsp3) is 0.100. The predicted octanol–water partition coefficient (Wildman–Crippen LogP) is 4.60. The van der Waals surface area contributed by atoms with Crippen molar-refractivity contribution in [2.24, 2.45) is 0 Å². The average molecular weight is 354 g/mol. The molecule has 3 rings (SSSR count). The highest BCUT2D eigenvalue weighted by Crippen LogP contribution is 2.29. The van der Waals surface area contributed by atoms with E-state index in [1.54, 1.807) is 31.2 Å². The Hall–Kier alpha value is -3.28. The van der Waals surface area contributed by atoms with Crippen LogP contribution in [0.1, 0.15) is 15.9 Å². The molecule has 0 atom stereocenters. The van der Waals surface area contributed by atoms with Gasteiger partial charge in [-0.1, -0.05) is 6.07 Å². The molecular weight excluding hydrogens is 338 g/mol. The standard InChI is InChI=1S/C20H16F2N2O2/c1-12-3-6-15(10-17(12)22)24-20(25)13-4-7-18(23-11-13)16-9-14(21)5-8-19(16)26-2/h3-11H,1-2H3,(H,24,25). The van der Waals surface area contributed by atoms with Crippen molar-refractivity contribution in [2.45, 2.75) is 6.92 Å². The van der Waals surface area contributed by atoms with Crippen LogP contribution in [-0.4, -0.2) is 18.0 Å². The van der Waals surface area contributed by atoms with E-state index < -0.39 is 17.5 Å². The summed E-state index contributed by atoms with van der Waals surface area (Å²) in [6.45, 7) is 1.64. The summed E-state index contributed by atoms with van der Waals surface area (Å²) in [5, 5.41) is 2.61. The molecule has 26 heavy (non-hydrogen) atoms. The average Bonchev–Trinajstić information content (AvgIpc) is 2.65. The second-order valence-corrected chi connectivity index (χ2v) is 5.69. The van der Waals surface area contributed by atoms with E-state index in [-0.39, 0.29) is 0 Å². The lowest BCUT2D eigenvalue weighted by molar-refractivity contribution is 0.102. The number of hydrogen-bond donors (Lipinski definition) is 1. The van der Waals surface area contributed by atoms with E-state index in [0.29, 0.717) is 33.8 Å². The zero-order valence-corrected chi connectivity index (χ0v) is 14.2. The highest BCUT2D eigenvalue weighted by molar-refractivity contribution is 6.04. The minimum atomic E-state index is -0.418. The molecule has 1 heterocycles. The third-order valence-electron chi connectivity index (χ3n) is 3.89. The lowest BCUT2D eigenvalue weighted by Crippen LogP contribution is -2.12. The van der Waals surface area contributed by atoms with Crippen molar-refractivity contribution in [1.82, 2.24) is 4.98 Å². The molecule has 0 saturated heterocycles. The van der Waals surface area contributed by atoms with E-state index in [9.17, 15) is 13.6 Å². The molecule has 0 radical (unpaired) electrons. The first kappa shape index (κ1) is 17.5. The van der Waals surface area contributed by atoms with Crippen LogP contribution in [0, 0.1) is 18.6 Å². The molecule has 0 bridgehead atoms. The van der Waals surface area contributed by atoms with E-state index in [2.05, 4.69) is 10.3 Å². The maximum atomic E-state index is 13.6. The molecule has 1 amide bonds. The smallest absolute Gasteiger partial charge is 0.257 e. The molecule has 3 aromatic rings. The lowest BCUT2D eigenvalue weighted by atomic mass is 10.1. The number of pyridine rings is 1. The third-order valence-corrected chi connectivity index (χ3v) is 3.89. The number of carbonyl (C=O) groups excluding carboxylic acids is 1. The van der Waals surface area contributed by atoms with Crippen LogP contribution in [0.15, 0.2) is 54.7 Å². The van der Waals surface area contributed by atoms with Crippen molar-refractivity contribution < 1.29 is 18.3 Å². The van der Waals surface area contributed by atoms with Crippen molar-refractivity contribution in [3.63, 3.8) is 0 Å². The number of rotatable bonds is 4. The molecule has 0 unspecified atom stereocenters. The first-order valence-corrected chi connectivity index (χ1v) is 7.85. The number of nitrogens with one attached hydrogen (secondary N) is 1. The maximum Gasteiger partial charge on any atom is 0.257 e. The topological polar surface area (TPSA) is 51.2 Å². The van der Waals surface area contributed by atoms with Gasteiger partial charge >= 0.3 is 0 Å². The Morgan fingerprint density at radius 1 is 1.08 bits per heavy atom. The summed E-state index contributed by atoms with van der Waals surface area (Å²) in [6, 6.07) is 11.7. The predicted molar refractivity (Wildman–Crippen MR) is 95.3 cm³/mol. The van der Waals surface area contributed by atoms with Crippen LogP contribution in [0.3, 0.4) is 0 Å². The Morgan fingerprint density at radius 2 is 1.88 bits per heavy atom. The van der Waals surface area contributed by atoms with Gasteiger partial charge in [-0.2, -0.15) is 0 Å². The molecule has 0 aliphatic rings. The van der Waals surface area contributed by atoms with Gasteiger partial charge in [-0.15, -0.1) is 0 Å². The molecule has 6 heteroatoms. The van der Waals surface area contributed by atoms with E-state index in [1.807, 2.05) is 0 Å². The Balaban J connectivity index is 1.82. The second-order valence-electron chi connectivity index (χ2n) is 5.69. The van der Waals surface area contributed by atoms with Crippen LogP contribution in [0.2, 0.25) is 0 Å². The molecule has 0 aliphatic carbocycles. The van der Waals surface area contributed by atoms with Gasteiger partial charge in [0.1, 0.15) is 17.4 Å². The Bertz CT molecular complexity index is 957. The van der Waals surface area contributed by atoms with Gasteiger partial charge in [0.2, 0.25) is 0 Å². The molecular formula is C20H16F2N2O2. The molecule has 1 aromatic heterocycles. The lowest BCUT2D eigenvalue weighted by Gasteiger charge is -2.09. The number of hydrogen-bond acceptors (Lipinski definition) is 3. The van der Waals surface area contributed by atoms with E-state index in [4.69, 9.17) is 4.74 Å². The van der Waals surface area contributed by atoms with Gasteiger partial charge in [-0.25, -0.2) is 8.78 Å². The van der Waals surface area contributed by atoms with Gasteiger partial charge in [0.25, 0.3) is 5.91 Å². The largest absolute Gasteiger partial charge is 0.496 e. The van der Waals surface area contributed by atoms with Crippen LogP contribution in [0.4, 0.5) is 14.5 Å². The number of carbonyl (C=O) groups is 1. The van der Waals surface area contributed by atoms with Gasteiger partial charge in [0.05, 0.1) is 18.4 Å². The number of aryl methyl sites for hydroxylation is 1. The minimum Gasteiger partial charge on any atom is -0.496 e. The Labute approximate surface area is 149 Å². The Kier molecular flexibility index (Phi) is 4.93. The molecule has 1 N–H and O–H groups in total. The van der Waals surface area contributed by atoms with Crippen LogP contribution in [-0.2, 0) is 0 Å². The molecule has 0 spiro atoms. The fourth-order valence-electron chi connectivity index (χ4n) is 2.44. The molecule has 132 valence electrons. The quantitative estimate of drug-likeness (QED) is 0.745. The summed E-state index contributed by atoms with van der Waals surface area (Å²) in [6.07, 6.45) is 1.37. The molecule has 2 aromatic carbocycles. The highest BCUT2D eigenvalue weighted by atomic mass is 19.1. The fourth-order valence-corrected chi connectivity index (χ4v) is 2.44. The van der Waals surface area contributed by atoms with Crippen molar-refractivity contribution in [1.29, 1.82) is 0 Å². The zero-order chi connectivity index (χ0) is 18.7. The first-order valence-electron chi connectivity index (χ1n) is 7.85. The molecule has 0 saturated carbocycles. The number of nitrogens with zero attached hydrogens (tertiary/aromatic N) is 1. The SMILES string of the molecule is COc1ccc(F)cc1-c1ccc(C(=O)Nc2ccc(C)c(F)c2)cn1. The van der Waals surface area contributed by atoms with Gasteiger partial charge in [0, 0.05) is 17.4 Å². The summed E-state index contributed by atoms with van der Waals surface area (Å²) in [4.78, 5) is 16.5. The number of methoxy groups -OCH3 is 1. The highest BCUT2D eigenvalue weighted by Gasteiger charge is 2.12. The summed E-state index contributed by atoms with van der Waals surface area (Å²) in [5.74, 6) is -0.745. The van der Waals surface area contributed by atoms with Crippen molar-refractivity contribution in [3.8, 4) is 17.0 Å². The Morgan fingerprint density at radius 3 is 2.54 bits per heavy atom. The van der Waals surface area contributed by atoms with Crippen LogP contribution >= 0.6 is 0 Å². The number of aromatic nitrogens is 1. The van der Waals surface area contributed by atoms with Gasteiger partial charge in [0.15, 0.2) is 0 Å². The van der Waals surface area contributed by atoms with Crippen LogP contribution in [0.5, 0.6) is 5.75 Å². The monoisotopic (exact) mass is 354 g/mol.